The molecular weight excluding hydrogens is 292 g/mol. The maximum absolute atomic E-state index is 12.4. The van der Waals surface area contributed by atoms with Crippen molar-refractivity contribution in [1.29, 1.82) is 0 Å². The highest BCUT2D eigenvalue weighted by molar-refractivity contribution is 6.12. The number of hydrogen-bond donors (Lipinski definition) is 1. The van der Waals surface area contributed by atoms with E-state index in [9.17, 15) is 9.90 Å². The zero-order chi connectivity index (χ0) is 16.0. The van der Waals surface area contributed by atoms with Gasteiger partial charge in [0, 0.05) is 11.6 Å². The Morgan fingerprint density at radius 3 is 2.83 bits per heavy atom. The van der Waals surface area contributed by atoms with Crippen LogP contribution in [0.15, 0.2) is 59.9 Å². The molecule has 114 valence electrons. The average molecular weight is 306 g/mol. The Kier molecular flexibility index (Phi) is 2.98. The molecule has 0 aromatic heterocycles. The van der Waals surface area contributed by atoms with E-state index in [1.165, 1.54) is 12.1 Å². The molecule has 1 N–H and O–H groups in total. The van der Waals surface area contributed by atoms with Crippen LogP contribution in [0.4, 0.5) is 0 Å². The molecular formula is C19H14O4. The molecule has 4 nitrogen and oxygen atoms in total. The molecule has 2 aromatic carbocycles. The number of ketones is 1. The van der Waals surface area contributed by atoms with Crippen LogP contribution in [0, 0.1) is 0 Å². The predicted molar refractivity (Wildman–Crippen MR) is 85.7 cm³/mol. The first-order valence-electron chi connectivity index (χ1n) is 7.36. The van der Waals surface area contributed by atoms with Crippen LogP contribution in [0.3, 0.4) is 0 Å². The Labute approximate surface area is 133 Å². The van der Waals surface area contributed by atoms with Crippen LogP contribution in [-0.2, 0) is 0 Å². The Morgan fingerprint density at radius 1 is 1.13 bits per heavy atom. The highest BCUT2D eigenvalue weighted by Gasteiger charge is 2.29. The third-order valence-corrected chi connectivity index (χ3v) is 3.97. The maximum atomic E-state index is 12.4. The summed E-state index contributed by atoms with van der Waals surface area (Å²) < 4.78 is 11.5. The van der Waals surface area contributed by atoms with Gasteiger partial charge in [-0.1, -0.05) is 18.2 Å². The van der Waals surface area contributed by atoms with Crippen molar-refractivity contribution in [1.82, 2.24) is 0 Å². The van der Waals surface area contributed by atoms with Crippen LogP contribution in [0.5, 0.6) is 17.2 Å². The van der Waals surface area contributed by atoms with Crippen LogP contribution in [0.1, 0.15) is 22.8 Å². The lowest BCUT2D eigenvalue weighted by molar-refractivity contribution is 0.101. The second-order valence-electron chi connectivity index (χ2n) is 5.56. The van der Waals surface area contributed by atoms with Gasteiger partial charge in [-0.3, -0.25) is 4.79 Å². The number of para-hydroxylation sites is 1. The molecule has 0 bridgehead atoms. The van der Waals surface area contributed by atoms with Crippen LogP contribution >= 0.6 is 0 Å². The summed E-state index contributed by atoms with van der Waals surface area (Å²) in [6.45, 7) is 1.93. The molecule has 0 amide bonds. The van der Waals surface area contributed by atoms with Gasteiger partial charge in [0.05, 0.1) is 5.56 Å². The highest BCUT2D eigenvalue weighted by Crippen LogP contribution is 2.36. The molecule has 2 aliphatic heterocycles. The van der Waals surface area contributed by atoms with Crippen molar-refractivity contribution in [3.63, 3.8) is 0 Å². The van der Waals surface area contributed by atoms with Crippen molar-refractivity contribution in [2.75, 3.05) is 0 Å². The van der Waals surface area contributed by atoms with E-state index < -0.39 is 0 Å². The van der Waals surface area contributed by atoms with E-state index in [2.05, 4.69) is 0 Å². The molecule has 0 fully saturated rings. The molecule has 2 aliphatic rings. The first kappa shape index (κ1) is 13.6. The third-order valence-electron chi connectivity index (χ3n) is 3.97. The zero-order valence-electron chi connectivity index (χ0n) is 12.4. The molecule has 2 heterocycles. The van der Waals surface area contributed by atoms with Crippen molar-refractivity contribution < 1.29 is 19.4 Å². The topological polar surface area (TPSA) is 55.8 Å². The van der Waals surface area contributed by atoms with Gasteiger partial charge in [-0.2, -0.15) is 0 Å². The molecule has 0 unspecified atom stereocenters. The number of carbonyl (C=O) groups excluding carboxylic acids is 1. The number of ether oxygens (including phenoxy) is 2. The van der Waals surface area contributed by atoms with Crippen molar-refractivity contribution in [3.05, 3.63) is 71.0 Å². The molecule has 0 saturated carbocycles. The maximum Gasteiger partial charge on any atom is 0.231 e. The third kappa shape index (κ3) is 2.28. The van der Waals surface area contributed by atoms with E-state index in [1.54, 1.807) is 12.1 Å². The van der Waals surface area contributed by atoms with E-state index in [-0.39, 0.29) is 23.4 Å². The molecule has 0 saturated heterocycles. The molecule has 1 atom stereocenters. The highest BCUT2D eigenvalue weighted by atomic mass is 16.5. The minimum absolute atomic E-state index is 0.0697. The van der Waals surface area contributed by atoms with Crippen LogP contribution < -0.4 is 9.47 Å². The van der Waals surface area contributed by atoms with Gasteiger partial charge in [0.2, 0.25) is 5.78 Å². The van der Waals surface area contributed by atoms with E-state index >= 15 is 0 Å². The van der Waals surface area contributed by atoms with Crippen molar-refractivity contribution in [2.45, 2.75) is 13.0 Å². The van der Waals surface area contributed by atoms with Crippen LogP contribution in [0.25, 0.3) is 6.08 Å². The second kappa shape index (κ2) is 5.02. The fourth-order valence-electron chi connectivity index (χ4n) is 2.75. The lowest BCUT2D eigenvalue weighted by atomic mass is 10.0. The molecule has 0 radical (unpaired) electrons. The standard InChI is InChI=1S/C19H14O4/c1-11-13(8-12-4-2-3-5-16(12)22-11)9-18-19(21)15-7-6-14(20)10-17(15)23-18/h2-11,20H,1H3/b18-9-/t11-/m1/s1. The number of aromatic hydroxyl groups is 1. The molecule has 0 aliphatic carbocycles. The lowest BCUT2D eigenvalue weighted by Crippen LogP contribution is -2.18. The van der Waals surface area contributed by atoms with Gasteiger partial charge in [-0.25, -0.2) is 0 Å². The number of fused-ring (bicyclic) bond motifs is 2. The van der Waals surface area contributed by atoms with Gasteiger partial charge < -0.3 is 14.6 Å². The number of allylic oxidation sites excluding steroid dienone is 1. The smallest absolute Gasteiger partial charge is 0.231 e. The number of Topliss-reactive ketones (excluding diaryl/α,β-unsaturated/α-hetero) is 1. The van der Waals surface area contributed by atoms with Gasteiger partial charge in [0.25, 0.3) is 0 Å². The summed E-state index contributed by atoms with van der Waals surface area (Å²) in [7, 11) is 0. The quantitative estimate of drug-likeness (QED) is 0.816. The Hall–Kier alpha value is -3.01. The first-order valence-corrected chi connectivity index (χ1v) is 7.36. The van der Waals surface area contributed by atoms with E-state index in [4.69, 9.17) is 9.47 Å². The summed E-state index contributed by atoms with van der Waals surface area (Å²) in [6, 6.07) is 12.2. The zero-order valence-corrected chi connectivity index (χ0v) is 12.4. The monoisotopic (exact) mass is 306 g/mol. The van der Waals surface area contributed by atoms with E-state index in [0.717, 1.165) is 16.9 Å². The van der Waals surface area contributed by atoms with Gasteiger partial charge in [0.1, 0.15) is 23.4 Å². The summed E-state index contributed by atoms with van der Waals surface area (Å²) in [4.78, 5) is 12.4. The van der Waals surface area contributed by atoms with Gasteiger partial charge in [-0.05, 0) is 42.8 Å². The number of hydrogen-bond acceptors (Lipinski definition) is 4. The van der Waals surface area contributed by atoms with E-state index in [0.29, 0.717) is 11.3 Å². The minimum atomic E-state index is -0.188. The van der Waals surface area contributed by atoms with E-state index in [1.807, 2.05) is 37.3 Å². The number of benzene rings is 2. The van der Waals surface area contributed by atoms with Crippen LogP contribution in [0.2, 0.25) is 0 Å². The Bertz CT molecular complexity index is 877. The lowest BCUT2D eigenvalue weighted by Gasteiger charge is -2.22. The normalized spacial score (nSPS) is 20.4. The summed E-state index contributed by atoms with van der Waals surface area (Å²) in [5.41, 5.74) is 2.29. The van der Waals surface area contributed by atoms with Gasteiger partial charge >= 0.3 is 0 Å². The van der Waals surface area contributed by atoms with Crippen molar-refractivity contribution in [2.24, 2.45) is 0 Å². The number of phenols is 1. The minimum Gasteiger partial charge on any atom is -0.508 e. The molecule has 4 rings (SSSR count). The summed E-state index contributed by atoms with van der Waals surface area (Å²) in [6.07, 6.45) is 3.53. The fourth-order valence-corrected chi connectivity index (χ4v) is 2.75. The van der Waals surface area contributed by atoms with Crippen LogP contribution in [-0.4, -0.2) is 17.0 Å². The van der Waals surface area contributed by atoms with Gasteiger partial charge in [-0.15, -0.1) is 0 Å². The number of rotatable bonds is 1. The molecule has 4 heteroatoms. The summed E-state index contributed by atoms with van der Waals surface area (Å²) in [5, 5.41) is 9.50. The Morgan fingerprint density at radius 2 is 1.96 bits per heavy atom. The molecule has 23 heavy (non-hydrogen) atoms. The predicted octanol–water partition coefficient (Wildman–Crippen LogP) is 3.72. The summed E-state index contributed by atoms with van der Waals surface area (Å²) >= 11 is 0. The second-order valence-corrected chi connectivity index (χ2v) is 5.56. The average Bonchev–Trinajstić information content (AvgIpc) is 2.83. The van der Waals surface area contributed by atoms with Crippen molar-refractivity contribution in [3.8, 4) is 17.2 Å². The van der Waals surface area contributed by atoms with Gasteiger partial charge in [0.15, 0.2) is 5.76 Å². The molecule has 0 spiro atoms. The Balaban J connectivity index is 1.72. The summed E-state index contributed by atoms with van der Waals surface area (Å²) in [5.74, 6) is 1.33. The first-order chi connectivity index (χ1) is 11.1. The number of phenolic OH excluding ortho intramolecular Hbond substituents is 1. The fraction of sp³-hybridized carbons (Fsp3) is 0.105. The van der Waals surface area contributed by atoms with Crippen molar-refractivity contribution >= 4 is 11.9 Å². The molecule has 2 aromatic rings. The SMILES string of the molecule is C[C@H]1Oc2ccccc2C=C1/C=C1\Oc2cc(O)ccc2C1=O. The number of carbonyl (C=O) groups is 1. The largest absolute Gasteiger partial charge is 0.508 e.